The Morgan fingerprint density at radius 3 is 2.21 bits per heavy atom. The molecule has 5 rings (SSSR count). The van der Waals surface area contributed by atoms with Gasteiger partial charge in [-0.05, 0) is 35.6 Å². The summed E-state index contributed by atoms with van der Waals surface area (Å²) in [5.74, 6) is 0.607. The summed E-state index contributed by atoms with van der Waals surface area (Å²) in [6.07, 6.45) is 2.21. The van der Waals surface area contributed by atoms with Gasteiger partial charge in [0.2, 0.25) is 0 Å². The molecule has 0 fully saturated rings. The molecule has 7 nitrogen and oxygen atoms in total. The molecule has 5 aromatic rings. The first-order valence-electron chi connectivity index (χ1n) is 12.4. The second kappa shape index (κ2) is 12.3. The average Bonchev–Trinajstić information content (AvgIpc) is 3.36. The zero-order valence-electron chi connectivity index (χ0n) is 21.9. The van der Waals surface area contributed by atoms with Crippen molar-refractivity contribution in [3.8, 4) is 22.5 Å². The number of aromatic amines is 1. The Kier molecular flexibility index (Phi) is 8.94. The quantitative estimate of drug-likeness (QED) is 0.301. The number of aromatic nitrogens is 4. The van der Waals surface area contributed by atoms with E-state index in [9.17, 15) is 9.59 Å². The molecule has 0 amide bonds. The Bertz CT molecular complexity index is 1640. The van der Waals surface area contributed by atoms with Gasteiger partial charge in [0.25, 0.3) is 5.56 Å². The molecule has 0 spiro atoms. The molecule has 1 N–H and O–H groups in total. The molecule has 2 aromatic heterocycles. The number of benzene rings is 3. The van der Waals surface area contributed by atoms with Gasteiger partial charge in [0.15, 0.2) is 5.82 Å². The number of aryl methyl sites for hydroxylation is 2. The van der Waals surface area contributed by atoms with Gasteiger partial charge in [0, 0.05) is 59.2 Å². The van der Waals surface area contributed by atoms with Crippen LogP contribution in [0.4, 0.5) is 0 Å². The van der Waals surface area contributed by atoms with Crippen molar-refractivity contribution in [2.45, 2.75) is 39.7 Å². The van der Waals surface area contributed by atoms with E-state index in [1.807, 2.05) is 90.4 Å². The van der Waals surface area contributed by atoms with Gasteiger partial charge < -0.3 is 0 Å². The minimum atomic E-state index is -0.591. The van der Waals surface area contributed by atoms with Gasteiger partial charge in [-0.2, -0.15) is 0 Å². The monoisotopic (exact) mass is 515 g/mol. The van der Waals surface area contributed by atoms with Gasteiger partial charge in [0.05, 0.1) is 6.54 Å². The minimum Gasteiger partial charge on any atom is -0.296 e. The minimum absolute atomic E-state index is 0. The average molecular weight is 516 g/mol. The van der Waals surface area contributed by atoms with E-state index in [0.29, 0.717) is 18.8 Å². The number of H-pyrrole nitrogens is 1. The molecule has 1 radical (unpaired) electrons. The molecule has 8 heteroatoms. The van der Waals surface area contributed by atoms with E-state index in [0.717, 1.165) is 57.7 Å². The van der Waals surface area contributed by atoms with Gasteiger partial charge in [-0.1, -0.05) is 90.9 Å². The molecule has 0 bridgehead atoms. The predicted octanol–water partition coefficient (Wildman–Crippen LogP) is 4.77. The van der Waals surface area contributed by atoms with Crippen LogP contribution in [-0.2, 0) is 19.4 Å². The fraction of sp³-hybridized carbons (Fsp3) is 0.200. The third-order valence-corrected chi connectivity index (χ3v) is 6.47. The van der Waals surface area contributed by atoms with Crippen LogP contribution in [0.1, 0.15) is 41.6 Å². The molecule has 38 heavy (non-hydrogen) atoms. The van der Waals surface area contributed by atoms with Crippen molar-refractivity contribution >= 4 is 29.6 Å². The second-order valence-corrected chi connectivity index (χ2v) is 9.08. The molecule has 2 heterocycles. The van der Waals surface area contributed by atoms with Crippen molar-refractivity contribution in [1.82, 2.24) is 19.7 Å². The van der Waals surface area contributed by atoms with E-state index in [2.05, 4.69) is 17.1 Å². The zero-order chi connectivity index (χ0) is 25.8. The first-order chi connectivity index (χ1) is 18.0. The second-order valence-electron chi connectivity index (χ2n) is 9.08. The largest absolute Gasteiger partial charge is 0.439 e. The van der Waals surface area contributed by atoms with Crippen LogP contribution in [0.3, 0.4) is 0 Å². The van der Waals surface area contributed by atoms with E-state index >= 15 is 0 Å². The van der Waals surface area contributed by atoms with E-state index in [1.54, 1.807) is 0 Å². The molecule has 0 aliphatic rings. The summed E-state index contributed by atoms with van der Waals surface area (Å²) in [5, 5.41) is 3.84. The van der Waals surface area contributed by atoms with E-state index in [4.69, 9.17) is 9.51 Å². The van der Waals surface area contributed by atoms with E-state index < -0.39 is 5.76 Å². The summed E-state index contributed by atoms with van der Waals surface area (Å²) in [4.78, 5) is 32.6. The Morgan fingerprint density at radius 1 is 0.868 bits per heavy atom. The van der Waals surface area contributed by atoms with Gasteiger partial charge in [-0.3, -0.25) is 18.9 Å². The Balaban J connectivity index is 0.00000336. The van der Waals surface area contributed by atoms with Gasteiger partial charge in [-0.15, -0.1) is 0 Å². The fourth-order valence-corrected chi connectivity index (χ4v) is 4.60. The molecule has 0 saturated carbocycles. The summed E-state index contributed by atoms with van der Waals surface area (Å²) in [7, 11) is 0. The van der Waals surface area contributed by atoms with Crippen LogP contribution in [0.15, 0.2) is 93.0 Å². The van der Waals surface area contributed by atoms with Crippen LogP contribution in [0.5, 0.6) is 0 Å². The van der Waals surface area contributed by atoms with Gasteiger partial charge in [-0.25, -0.2) is 9.78 Å². The molecule has 0 aliphatic carbocycles. The molecular formula is C30H28N4NaO3. The van der Waals surface area contributed by atoms with Crippen LogP contribution in [-0.4, -0.2) is 49.2 Å². The number of rotatable bonds is 8. The van der Waals surface area contributed by atoms with Crippen LogP contribution >= 0.6 is 0 Å². The molecule has 187 valence electrons. The van der Waals surface area contributed by atoms with Crippen molar-refractivity contribution in [3.05, 3.63) is 128 Å². The maximum Gasteiger partial charge on any atom is 0.439 e. The molecule has 3 aromatic carbocycles. The van der Waals surface area contributed by atoms with Crippen LogP contribution < -0.4 is 11.3 Å². The Labute approximate surface area is 242 Å². The number of nitrogens with one attached hydrogen (secondary N) is 1. The summed E-state index contributed by atoms with van der Waals surface area (Å²) in [6, 6.07) is 25.8. The summed E-state index contributed by atoms with van der Waals surface area (Å²) >= 11 is 0. The molecule has 0 atom stereocenters. The summed E-state index contributed by atoms with van der Waals surface area (Å²) < 4.78 is 6.51. The molecular weight excluding hydrogens is 487 g/mol. The SMILES string of the molecule is CCCc1nc(C)c(Cc2ccccc2)c(=O)n1Cc1ccc(-c2ccccc2-c2noc(=O)[nH]2)cc1.[Na]. The number of nitrogens with zero attached hydrogens (tertiary/aromatic N) is 3. The van der Waals surface area contributed by atoms with E-state index in [1.165, 1.54) is 0 Å². The standard InChI is InChI=1S/C30H28N4O3.Na/c1-3-9-27-31-20(2)26(18-21-10-5-4-6-11-21)29(35)34(27)19-22-14-16-23(17-15-22)24-12-7-8-13-25(24)28-32-30(36)37-33-28;/h4-8,10-17H,3,9,18-19H2,1-2H3,(H,32,33,36);. The van der Waals surface area contributed by atoms with Crippen LogP contribution in [0, 0.1) is 6.92 Å². The van der Waals surface area contributed by atoms with Crippen molar-refractivity contribution in [3.63, 3.8) is 0 Å². The molecule has 0 unspecified atom stereocenters. The summed E-state index contributed by atoms with van der Waals surface area (Å²) in [5.41, 5.74) is 6.31. The van der Waals surface area contributed by atoms with E-state index in [-0.39, 0.29) is 35.1 Å². The first-order valence-corrected chi connectivity index (χ1v) is 12.4. The smallest absolute Gasteiger partial charge is 0.296 e. The maximum absolute atomic E-state index is 13.7. The third kappa shape index (κ3) is 5.96. The van der Waals surface area contributed by atoms with Crippen molar-refractivity contribution in [2.24, 2.45) is 0 Å². The predicted molar refractivity (Wildman–Crippen MR) is 149 cm³/mol. The van der Waals surface area contributed by atoms with Crippen molar-refractivity contribution < 1.29 is 4.52 Å². The van der Waals surface area contributed by atoms with Gasteiger partial charge in [0.1, 0.15) is 5.82 Å². The summed E-state index contributed by atoms with van der Waals surface area (Å²) in [6.45, 7) is 4.47. The maximum atomic E-state index is 13.7. The van der Waals surface area contributed by atoms with Crippen molar-refractivity contribution in [1.29, 1.82) is 0 Å². The van der Waals surface area contributed by atoms with Crippen LogP contribution in [0.25, 0.3) is 22.5 Å². The number of hydrogen-bond acceptors (Lipinski definition) is 5. The Morgan fingerprint density at radius 2 is 1.55 bits per heavy atom. The zero-order valence-corrected chi connectivity index (χ0v) is 23.9. The number of hydrogen-bond donors (Lipinski definition) is 1. The third-order valence-electron chi connectivity index (χ3n) is 6.47. The van der Waals surface area contributed by atoms with Gasteiger partial charge >= 0.3 is 5.76 Å². The Hall–Kier alpha value is -3.52. The normalized spacial score (nSPS) is 10.8. The fourth-order valence-electron chi connectivity index (χ4n) is 4.60. The topological polar surface area (TPSA) is 93.8 Å². The van der Waals surface area contributed by atoms with Crippen LogP contribution in [0.2, 0.25) is 0 Å². The molecule has 0 aliphatic heterocycles. The first kappa shape index (κ1) is 27.5. The van der Waals surface area contributed by atoms with Crippen molar-refractivity contribution in [2.75, 3.05) is 0 Å². The molecule has 0 saturated heterocycles.